The van der Waals surface area contributed by atoms with Crippen LogP contribution in [0.15, 0.2) is 48.1 Å². The quantitative estimate of drug-likeness (QED) is 0.743. The maximum Gasteiger partial charge on any atom is 0.185 e. The zero-order valence-electron chi connectivity index (χ0n) is 10.6. The molecule has 0 spiro atoms. The summed E-state index contributed by atoms with van der Waals surface area (Å²) in [6, 6.07) is 5.27. The molecule has 0 unspecified atom stereocenters. The molecule has 0 atom stereocenters. The van der Waals surface area contributed by atoms with Gasteiger partial charge < -0.3 is 9.67 Å². The molecule has 2 heterocycles. The van der Waals surface area contributed by atoms with Crippen molar-refractivity contribution in [1.82, 2.24) is 24.7 Å². The summed E-state index contributed by atoms with van der Waals surface area (Å²) in [5.41, 5.74) is 1.37. The summed E-state index contributed by atoms with van der Waals surface area (Å²) in [6.45, 7) is 0. The van der Waals surface area contributed by atoms with Crippen molar-refractivity contribution in [3.8, 4) is 22.8 Å². The molecule has 20 heavy (non-hydrogen) atoms. The molecular formula is C13H11N5OS. The van der Waals surface area contributed by atoms with Crippen LogP contribution in [0.2, 0.25) is 0 Å². The normalized spacial score (nSPS) is 10.7. The zero-order valence-corrected chi connectivity index (χ0v) is 11.4. The van der Waals surface area contributed by atoms with E-state index < -0.39 is 0 Å². The second-order valence-electron chi connectivity index (χ2n) is 4.00. The molecule has 0 aliphatic rings. The van der Waals surface area contributed by atoms with Crippen LogP contribution < -0.4 is 0 Å². The van der Waals surface area contributed by atoms with Crippen LogP contribution in [0.3, 0.4) is 0 Å². The summed E-state index contributed by atoms with van der Waals surface area (Å²) < 4.78 is 1.80. The molecule has 0 aliphatic heterocycles. The summed E-state index contributed by atoms with van der Waals surface area (Å²) >= 11 is 1.47. The van der Waals surface area contributed by atoms with Crippen molar-refractivity contribution in [2.75, 3.05) is 6.26 Å². The monoisotopic (exact) mass is 285 g/mol. The van der Waals surface area contributed by atoms with E-state index in [9.17, 15) is 5.11 Å². The van der Waals surface area contributed by atoms with E-state index in [0.29, 0.717) is 11.4 Å². The summed E-state index contributed by atoms with van der Waals surface area (Å²) in [7, 11) is 0. The van der Waals surface area contributed by atoms with E-state index in [1.165, 1.54) is 11.8 Å². The largest absolute Gasteiger partial charge is 0.507 e. The Balaban J connectivity index is 1.98. The zero-order chi connectivity index (χ0) is 13.9. The van der Waals surface area contributed by atoms with Crippen LogP contribution in [-0.2, 0) is 0 Å². The number of rotatable bonds is 3. The van der Waals surface area contributed by atoms with Gasteiger partial charge in [-0.3, -0.25) is 0 Å². The van der Waals surface area contributed by atoms with E-state index >= 15 is 0 Å². The highest BCUT2D eigenvalue weighted by Gasteiger charge is 2.09. The number of thioether (sulfide) groups is 1. The standard InChI is InChI=1S/C13H11N5OS/c1-20-12-7-15-13(17-16-12)10-3-2-9(6-11(10)19)18-5-4-14-8-18/h2-8,19H,1H3. The van der Waals surface area contributed by atoms with Crippen LogP contribution in [0, 0.1) is 0 Å². The SMILES string of the molecule is CSc1cnc(-c2ccc(-n3ccnc3)cc2O)nn1. The first kappa shape index (κ1) is 12.6. The lowest BCUT2D eigenvalue weighted by Crippen LogP contribution is -1.95. The Morgan fingerprint density at radius 2 is 2.15 bits per heavy atom. The molecule has 3 aromatic rings. The van der Waals surface area contributed by atoms with Crippen molar-refractivity contribution in [2.45, 2.75) is 5.03 Å². The van der Waals surface area contributed by atoms with E-state index in [1.807, 2.05) is 12.3 Å². The molecule has 3 rings (SSSR count). The molecule has 0 saturated heterocycles. The lowest BCUT2D eigenvalue weighted by molar-refractivity contribution is 0.476. The second kappa shape index (κ2) is 5.30. The number of aromatic hydroxyl groups is 1. The topological polar surface area (TPSA) is 76.7 Å². The van der Waals surface area contributed by atoms with Crippen molar-refractivity contribution < 1.29 is 5.11 Å². The maximum atomic E-state index is 10.1. The summed E-state index contributed by atoms with van der Waals surface area (Å²) in [6.07, 6.45) is 8.69. The van der Waals surface area contributed by atoms with Gasteiger partial charge in [0.1, 0.15) is 10.8 Å². The lowest BCUT2D eigenvalue weighted by Gasteiger charge is -2.06. The average Bonchev–Trinajstić information content (AvgIpc) is 3.01. The van der Waals surface area contributed by atoms with Crippen LogP contribution in [0.1, 0.15) is 0 Å². The predicted molar refractivity (Wildman–Crippen MR) is 75.8 cm³/mol. The summed E-state index contributed by atoms with van der Waals surface area (Å²) in [5.74, 6) is 0.507. The maximum absolute atomic E-state index is 10.1. The summed E-state index contributed by atoms with van der Waals surface area (Å²) in [5, 5.41) is 18.9. The number of benzene rings is 1. The third-order valence-electron chi connectivity index (χ3n) is 2.77. The molecule has 1 N–H and O–H groups in total. The third-order valence-corrected chi connectivity index (χ3v) is 3.38. The molecule has 0 saturated carbocycles. The van der Waals surface area contributed by atoms with Gasteiger partial charge in [0.2, 0.25) is 0 Å². The van der Waals surface area contributed by atoms with Gasteiger partial charge in [0, 0.05) is 18.5 Å². The molecule has 7 heteroatoms. The van der Waals surface area contributed by atoms with E-state index in [0.717, 1.165) is 10.7 Å². The average molecular weight is 285 g/mol. The Kier molecular flexibility index (Phi) is 3.34. The van der Waals surface area contributed by atoms with Crippen LogP contribution >= 0.6 is 11.8 Å². The van der Waals surface area contributed by atoms with Crippen molar-refractivity contribution >= 4 is 11.8 Å². The van der Waals surface area contributed by atoms with Gasteiger partial charge in [-0.05, 0) is 18.4 Å². The van der Waals surface area contributed by atoms with Gasteiger partial charge in [0.25, 0.3) is 0 Å². The highest BCUT2D eigenvalue weighted by atomic mass is 32.2. The number of phenols is 1. The minimum Gasteiger partial charge on any atom is -0.507 e. The minimum absolute atomic E-state index is 0.106. The number of imidazole rings is 1. The van der Waals surface area contributed by atoms with Gasteiger partial charge in [0.15, 0.2) is 5.82 Å². The van der Waals surface area contributed by atoms with Crippen LogP contribution in [0.4, 0.5) is 0 Å². The first-order valence-electron chi connectivity index (χ1n) is 5.83. The van der Waals surface area contributed by atoms with Gasteiger partial charge in [-0.15, -0.1) is 22.0 Å². The Morgan fingerprint density at radius 1 is 1.25 bits per heavy atom. The number of hydrogen-bond acceptors (Lipinski definition) is 6. The highest BCUT2D eigenvalue weighted by Crippen LogP contribution is 2.28. The summed E-state index contributed by atoms with van der Waals surface area (Å²) in [4.78, 5) is 8.17. The van der Waals surface area contributed by atoms with E-state index in [1.54, 1.807) is 41.6 Å². The first-order valence-corrected chi connectivity index (χ1v) is 7.06. The lowest BCUT2D eigenvalue weighted by atomic mass is 10.1. The molecule has 0 amide bonds. The molecular weight excluding hydrogens is 274 g/mol. The van der Waals surface area contributed by atoms with Gasteiger partial charge in [-0.25, -0.2) is 9.97 Å². The van der Waals surface area contributed by atoms with Gasteiger partial charge >= 0.3 is 0 Å². The van der Waals surface area contributed by atoms with E-state index in [4.69, 9.17) is 0 Å². The van der Waals surface area contributed by atoms with Crippen molar-refractivity contribution in [2.24, 2.45) is 0 Å². The fourth-order valence-electron chi connectivity index (χ4n) is 1.76. The second-order valence-corrected chi connectivity index (χ2v) is 4.82. The van der Waals surface area contributed by atoms with Crippen LogP contribution in [0.5, 0.6) is 5.75 Å². The number of phenolic OH excluding ortho intramolecular Hbond substituents is 1. The van der Waals surface area contributed by atoms with Crippen LogP contribution in [0.25, 0.3) is 17.1 Å². The van der Waals surface area contributed by atoms with Crippen molar-refractivity contribution in [1.29, 1.82) is 0 Å². The minimum atomic E-state index is 0.106. The fourth-order valence-corrected chi connectivity index (χ4v) is 2.04. The van der Waals surface area contributed by atoms with Gasteiger partial charge in [0.05, 0.1) is 23.8 Å². The van der Waals surface area contributed by atoms with Crippen molar-refractivity contribution in [3.63, 3.8) is 0 Å². The Bertz CT molecular complexity index is 712. The third kappa shape index (κ3) is 2.35. The number of aromatic nitrogens is 5. The van der Waals surface area contributed by atoms with Gasteiger partial charge in [-0.2, -0.15) is 0 Å². The molecule has 0 aliphatic carbocycles. The number of nitrogens with zero attached hydrogens (tertiary/aromatic N) is 5. The first-order chi connectivity index (χ1) is 9.78. The van der Waals surface area contributed by atoms with Crippen LogP contribution in [-0.4, -0.2) is 36.1 Å². The smallest absolute Gasteiger partial charge is 0.185 e. The molecule has 0 bridgehead atoms. The Hall–Kier alpha value is -2.41. The Morgan fingerprint density at radius 3 is 2.75 bits per heavy atom. The van der Waals surface area contributed by atoms with E-state index in [2.05, 4.69) is 20.2 Å². The fraction of sp³-hybridized carbons (Fsp3) is 0.0769. The predicted octanol–water partition coefficient (Wildman–Crippen LogP) is 2.15. The molecule has 6 nitrogen and oxygen atoms in total. The van der Waals surface area contributed by atoms with E-state index in [-0.39, 0.29) is 5.75 Å². The molecule has 2 aromatic heterocycles. The molecule has 1 aromatic carbocycles. The number of hydrogen-bond donors (Lipinski definition) is 1. The Labute approximate surface area is 119 Å². The highest BCUT2D eigenvalue weighted by molar-refractivity contribution is 7.98. The van der Waals surface area contributed by atoms with Gasteiger partial charge in [-0.1, -0.05) is 0 Å². The molecule has 100 valence electrons. The van der Waals surface area contributed by atoms with Crippen molar-refractivity contribution in [3.05, 3.63) is 43.1 Å². The molecule has 0 radical (unpaired) electrons. The molecule has 0 fully saturated rings.